The quantitative estimate of drug-likeness (QED) is 0.572. The molecule has 1 heterocycles. The number of hydrogen-bond acceptors (Lipinski definition) is 2. The van der Waals surface area contributed by atoms with Gasteiger partial charge in [-0.1, -0.05) is 36.4 Å². The molecule has 4 nitrogen and oxygen atoms in total. The Morgan fingerprint density at radius 1 is 0.781 bits per heavy atom. The highest BCUT2D eigenvalue weighted by Crippen LogP contribution is 2.24. The lowest BCUT2D eigenvalue weighted by atomic mass is 9.98. The number of halogens is 3. The van der Waals surface area contributed by atoms with Gasteiger partial charge in [0.15, 0.2) is 0 Å². The first-order chi connectivity index (χ1) is 15.4. The normalized spacial score (nSPS) is 14.8. The molecule has 1 aliphatic heterocycles. The number of likely N-dealkylation sites (tertiary alicyclic amines) is 1. The zero-order valence-electron chi connectivity index (χ0n) is 17.6. The summed E-state index contributed by atoms with van der Waals surface area (Å²) in [6, 6.07) is 17.5. The van der Waals surface area contributed by atoms with Gasteiger partial charge in [0.05, 0.1) is 6.04 Å². The van der Waals surface area contributed by atoms with E-state index in [4.69, 9.17) is 0 Å². The lowest BCUT2D eigenvalue weighted by molar-refractivity contribution is 0.131. The van der Waals surface area contributed by atoms with E-state index in [9.17, 15) is 18.0 Å². The van der Waals surface area contributed by atoms with Crippen LogP contribution in [0.2, 0.25) is 0 Å². The van der Waals surface area contributed by atoms with E-state index in [0.29, 0.717) is 24.2 Å². The first-order valence-electron chi connectivity index (χ1n) is 10.5. The third kappa shape index (κ3) is 5.11. The van der Waals surface area contributed by atoms with Crippen molar-refractivity contribution in [3.8, 4) is 0 Å². The molecule has 0 bridgehead atoms. The van der Waals surface area contributed by atoms with Crippen molar-refractivity contribution in [1.82, 2.24) is 15.5 Å². The number of nitrogens with zero attached hydrogens (tertiary/aromatic N) is 1. The van der Waals surface area contributed by atoms with Crippen LogP contribution in [0.15, 0.2) is 72.8 Å². The Labute approximate surface area is 185 Å². The number of hydrogen-bond donors (Lipinski definition) is 2. The minimum Gasteiger partial charge on any atom is -0.327 e. The van der Waals surface area contributed by atoms with Crippen molar-refractivity contribution in [1.29, 1.82) is 0 Å². The predicted octanol–water partition coefficient (Wildman–Crippen LogP) is 4.94. The molecule has 1 aliphatic rings. The molecule has 1 saturated heterocycles. The summed E-state index contributed by atoms with van der Waals surface area (Å²) in [7, 11) is 0. The zero-order chi connectivity index (χ0) is 22.7. The summed E-state index contributed by atoms with van der Waals surface area (Å²) in [4.78, 5) is 14.5. The molecule has 0 spiro atoms. The minimum absolute atomic E-state index is 0.0250. The molecule has 7 heteroatoms. The predicted molar refractivity (Wildman–Crippen MR) is 116 cm³/mol. The monoisotopic (exact) mass is 439 g/mol. The molecular weight excluding hydrogens is 415 g/mol. The second kappa shape index (κ2) is 9.44. The Balaban J connectivity index is 1.38. The summed E-state index contributed by atoms with van der Waals surface area (Å²) < 4.78 is 39.9. The molecule has 0 aliphatic carbocycles. The highest BCUT2D eigenvalue weighted by atomic mass is 19.1. The fourth-order valence-corrected chi connectivity index (χ4v) is 3.84. The smallest absolute Gasteiger partial charge is 0.318 e. The molecule has 2 amide bonds. The van der Waals surface area contributed by atoms with E-state index < -0.39 is 6.04 Å². The zero-order valence-corrected chi connectivity index (χ0v) is 17.6. The van der Waals surface area contributed by atoms with Gasteiger partial charge in [-0.15, -0.1) is 0 Å². The molecule has 4 rings (SSSR count). The largest absolute Gasteiger partial charge is 0.327 e. The molecule has 3 aromatic rings. The first kappa shape index (κ1) is 21.9. The van der Waals surface area contributed by atoms with Gasteiger partial charge in [0.1, 0.15) is 17.5 Å². The van der Waals surface area contributed by atoms with E-state index in [0.717, 1.165) is 5.56 Å². The van der Waals surface area contributed by atoms with Gasteiger partial charge in [-0.3, -0.25) is 0 Å². The second-order valence-corrected chi connectivity index (χ2v) is 8.03. The number of carbonyl (C=O) groups excluding carboxylic acids is 1. The summed E-state index contributed by atoms with van der Waals surface area (Å²) in [5, 5.41) is 6.41. The minimum atomic E-state index is -0.533. The van der Waals surface area contributed by atoms with E-state index >= 15 is 0 Å². The molecule has 166 valence electrons. The second-order valence-electron chi connectivity index (χ2n) is 8.03. The number of carbonyl (C=O) groups is 1. The number of urea groups is 1. The van der Waals surface area contributed by atoms with Crippen molar-refractivity contribution in [2.45, 2.75) is 25.0 Å². The van der Waals surface area contributed by atoms with Crippen LogP contribution >= 0.6 is 0 Å². The molecule has 1 atom stereocenters. The molecular formula is C25H24F3N3O. The Morgan fingerprint density at radius 2 is 1.19 bits per heavy atom. The highest BCUT2D eigenvalue weighted by Gasteiger charge is 2.32. The molecule has 0 saturated carbocycles. The van der Waals surface area contributed by atoms with Crippen molar-refractivity contribution in [2.24, 2.45) is 0 Å². The molecule has 3 aromatic carbocycles. The fraction of sp³-hybridized carbons (Fsp3) is 0.240. The van der Waals surface area contributed by atoms with Crippen LogP contribution in [-0.4, -0.2) is 30.1 Å². The van der Waals surface area contributed by atoms with Crippen LogP contribution in [0, 0.1) is 17.5 Å². The third-order valence-electron chi connectivity index (χ3n) is 5.70. The Hall–Kier alpha value is -3.32. The highest BCUT2D eigenvalue weighted by molar-refractivity contribution is 5.76. The SMILES string of the molecule is CC(NC1CN(C(=O)NC(c2ccc(F)cc2)c2ccc(F)cc2)C1)c1ccc(F)cc1. The summed E-state index contributed by atoms with van der Waals surface area (Å²) in [5.41, 5.74) is 2.37. The van der Waals surface area contributed by atoms with E-state index in [-0.39, 0.29) is 35.6 Å². The fourth-order valence-electron chi connectivity index (χ4n) is 3.84. The van der Waals surface area contributed by atoms with Gasteiger partial charge >= 0.3 is 6.03 Å². The number of nitrogens with one attached hydrogen (secondary N) is 2. The van der Waals surface area contributed by atoms with Crippen molar-refractivity contribution in [2.75, 3.05) is 13.1 Å². The van der Waals surface area contributed by atoms with Crippen molar-refractivity contribution >= 4 is 6.03 Å². The standard InChI is InChI=1S/C25H24F3N3O/c1-16(17-2-8-20(26)9-3-17)29-23-14-31(15-23)25(32)30-24(18-4-10-21(27)11-5-18)19-6-12-22(28)13-7-19/h2-13,16,23-24,29H,14-15H2,1H3,(H,30,32). The lowest BCUT2D eigenvalue weighted by Crippen LogP contribution is -2.62. The number of benzene rings is 3. The van der Waals surface area contributed by atoms with Crippen molar-refractivity contribution in [3.05, 3.63) is 107 Å². The summed E-state index contributed by atoms with van der Waals surface area (Å²) in [6.45, 7) is 3.04. The molecule has 0 radical (unpaired) electrons. The maximum Gasteiger partial charge on any atom is 0.318 e. The number of amides is 2. The summed E-state index contributed by atoms with van der Waals surface area (Å²) >= 11 is 0. The third-order valence-corrected chi connectivity index (χ3v) is 5.70. The Bertz CT molecular complexity index is 1000. The molecule has 32 heavy (non-hydrogen) atoms. The van der Waals surface area contributed by atoms with Crippen LogP contribution in [0.25, 0.3) is 0 Å². The van der Waals surface area contributed by atoms with Crippen LogP contribution in [0.1, 0.15) is 35.7 Å². The van der Waals surface area contributed by atoms with Crippen LogP contribution in [0.4, 0.5) is 18.0 Å². The van der Waals surface area contributed by atoms with E-state index in [1.54, 1.807) is 41.3 Å². The average molecular weight is 439 g/mol. The van der Waals surface area contributed by atoms with Crippen LogP contribution < -0.4 is 10.6 Å². The van der Waals surface area contributed by atoms with E-state index in [1.165, 1.54) is 36.4 Å². The van der Waals surface area contributed by atoms with Crippen LogP contribution in [-0.2, 0) is 0 Å². The van der Waals surface area contributed by atoms with Gasteiger partial charge in [-0.25, -0.2) is 18.0 Å². The molecule has 0 aromatic heterocycles. The van der Waals surface area contributed by atoms with Gasteiger partial charge in [0, 0.05) is 25.2 Å². The lowest BCUT2D eigenvalue weighted by Gasteiger charge is -2.41. The van der Waals surface area contributed by atoms with Gasteiger partial charge in [0.2, 0.25) is 0 Å². The molecule has 2 N–H and O–H groups in total. The van der Waals surface area contributed by atoms with Crippen LogP contribution in [0.5, 0.6) is 0 Å². The summed E-state index contributed by atoms with van der Waals surface area (Å²) in [5.74, 6) is -1.01. The topological polar surface area (TPSA) is 44.4 Å². The van der Waals surface area contributed by atoms with E-state index in [1.807, 2.05) is 6.92 Å². The van der Waals surface area contributed by atoms with Gasteiger partial charge in [0.25, 0.3) is 0 Å². The van der Waals surface area contributed by atoms with Crippen molar-refractivity contribution in [3.63, 3.8) is 0 Å². The maximum absolute atomic E-state index is 13.4. The Kier molecular flexibility index (Phi) is 6.46. The van der Waals surface area contributed by atoms with Crippen LogP contribution in [0.3, 0.4) is 0 Å². The number of rotatable bonds is 6. The molecule has 1 unspecified atom stereocenters. The average Bonchev–Trinajstić information content (AvgIpc) is 2.76. The van der Waals surface area contributed by atoms with Crippen molar-refractivity contribution < 1.29 is 18.0 Å². The van der Waals surface area contributed by atoms with Gasteiger partial charge in [-0.2, -0.15) is 0 Å². The van der Waals surface area contributed by atoms with E-state index in [2.05, 4.69) is 10.6 Å². The maximum atomic E-state index is 13.4. The summed E-state index contributed by atoms with van der Waals surface area (Å²) in [6.07, 6.45) is 0. The van der Waals surface area contributed by atoms with Gasteiger partial charge < -0.3 is 15.5 Å². The van der Waals surface area contributed by atoms with Gasteiger partial charge in [-0.05, 0) is 60.0 Å². The molecule has 1 fully saturated rings. The Morgan fingerprint density at radius 3 is 1.62 bits per heavy atom. The first-order valence-corrected chi connectivity index (χ1v) is 10.5.